The molecule has 1 aromatic carbocycles. The molecule has 0 aliphatic rings. The first-order valence-corrected chi connectivity index (χ1v) is 7.13. The lowest BCUT2D eigenvalue weighted by Gasteiger charge is -2.09. The standard InChI is InChI=1S/C17H18NO4/c19-12-15(16-8-5-11-21-16)18-10-4-9-17(20)22-13-14-6-2-1-3-7-14/h1-3,5-8,11,15,18H,4,9-10,13H2. The zero-order valence-electron chi connectivity index (χ0n) is 12.2. The molecule has 0 fully saturated rings. The molecule has 115 valence electrons. The molecule has 0 amide bonds. The van der Waals surface area contributed by atoms with Crippen molar-refractivity contribution < 1.29 is 18.7 Å². The van der Waals surface area contributed by atoms with Crippen LogP contribution in [0.3, 0.4) is 0 Å². The van der Waals surface area contributed by atoms with E-state index in [1.165, 1.54) is 6.26 Å². The van der Waals surface area contributed by atoms with E-state index in [-0.39, 0.29) is 12.6 Å². The van der Waals surface area contributed by atoms with E-state index in [4.69, 9.17) is 9.15 Å². The molecule has 1 heterocycles. The number of rotatable bonds is 9. The topological polar surface area (TPSA) is 68.5 Å². The molecule has 2 rings (SSSR count). The third-order valence-electron chi connectivity index (χ3n) is 3.09. The van der Waals surface area contributed by atoms with Gasteiger partial charge in [0, 0.05) is 6.42 Å². The van der Waals surface area contributed by atoms with E-state index >= 15 is 0 Å². The molecule has 0 aliphatic heterocycles. The molecule has 5 heteroatoms. The summed E-state index contributed by atoms with van der Waals surface area (Å²) in [7, 11) is 0. The van der Waals surface area contributed by atoms with E-state index < -0.39 is 6.04 Å². The zero-order chi connectivity index (χ0) is 15.6. The van der Waals surface area contributed by atoms with Crippen LogP contribution in [0.25, 0.3) is 0 Å². The van der Waals surface area contributed by atoms with Crippen molar-refractivity contribution in [3.05, 3.63) is 60.1 Å². The third-order valence-corrected chi connectivity index (χ3v) is 3.09. The highest BCUT2D eigenvalue weighted by Crippen LogP contribution is 2.10. The molecular formula is C17H18NO4. The number of ether oxygens (including phenoxy) is 1. The lowest BCUT2D eigenvalue weighted by atomic mass is 10.2. The van der Waals surface area contributed by atoms with E-state index in [0.717, 1.165) is 5.56 Å². The highest BCUT2D eigenvalue weighted by molar-refractivity contribution is 5.69. The Bertz CT molecular complexity index is 566. The minimum absolute atomic E-state index is 0.254. The van der Waals surface area contributed by atoms with E-state index in [2.05, 4.69) is 5.32 Å². The fourth-order valence-electron chi connectivity index (χ4n) is 1.95. The van der Waals surface area contributed by atoms with Gasteiger partial charge in [-0.15, -0.1) is 0 Å². The summed E-state index contributed by atoms with van der Waals surface area (Å²) in [5.41, 5.74) is 0.961. The number of hydrogen-bond donors (Lipinski definition) is 1. The lowest BCUT2D eigenvalue weighted by molar-refractivity contribution is -0.145. The summed E-state index contributed by atoms with van der Waals surface area (Å²) in [6, 6.07) is 12.3. The molecule has 22 heavy (non-hydrogen) atoms. The molecule has 1 aromatic heterocycles. The second-order valence-electron chi connectivity index (χ2n) is 4.77. The molecule has 0 saturated carbocycles. The van der Waals surface area contributed by atoms with Crippen molar-refractivity contribution in [1.82, 2.24) is 5.32 Å². The third kappa shape index (κ3) is 5.18. The first-order valence-electron chi connectivity index (χ1n) is 7.13. The van der Waals surface area contributed by atoms with Gasteiger partial charge in [0.25, 0.3) is 0 Å². The monoisotopic (exact) mass is 300 g/mol. The Morgan fingerprint density at radius 1 is 1.23 bits per heavy atom. The maximum Gasteiger partial charge on any atom is 0.306 e. The fraction of sp³-hybridized carbons (Fsp3) is 0.294. The van der Waals surface area contributed by atoms with Gasteiger partial charge < -0.3 is 14.5 Å². The predicted molar refractivity (Wildman–Crippen MR) is 80.6 cm³/mol. The van der Waals surface area contributed by atoms with Crippen molar-refractivity contribution in [2.24, 2.45) is 0 Å². The Hall–Kier alpha value is -2.40. The second kappa shape index (κ2) is 8.79. The Kier molecular flexibility index (Phi) is 6.39. The quantitative estimate of drug-likeness (QED) is 0.569. The van der Waals surface area contributed by atoms with Gasteiger partial charge in [-0.2, -0.15) is 0 Å². The SMILES string of the molecule is O=[C]C(NCCCC(=O)OCc1ccccc1)c1ccco1. The maximum absolute atomic E-state index is 11.6. The number of nitrogens with one attached hydrogen (secondary N) is 1. The van der Waals surface area contributed by atoms with E-state index in [0.29, 0.717) is 25.1 Å². The van der Waals surface area contributed by atoms with Crippen LogP contribution in [-0.2, 0) is 20.9 Å². The molecule has 0 saturated heterocycles. The molecule has 1 N–H and O–H groups in total. The predicted octanol–water partition coefficient (Wildman–Crippen LogP) is 2.54. The lowest BCUT2D eigenvalue weighted by Crippen LogP contribution is -2.23. The van der Waals surface area contributed by atoms with Gasteiger partial charge in [-0.05, 0) is 30.7 Å². The number of carbonyl (C=O) groups is 1. The Labute approximate surface area is 129 Å². The van der Waals surface area contributed by atoms with E-state index in [1.54, 1.807) is 12.1 Å². The van der Waals surface area contributed by atoms with Crippen molar-refractivity contribution >= 4 is 12.3 Å². The van der Waals surface area contributed by atoms with Crippen LogP contribution in [0.15, 0.2) is 53.1 Å². The van der Waals surface area contributed by atoms with Crippen LogP contribution >= 0.6 is 0 Å². The molecular weight excluding hydrogens is 282 g/mol. The van der Waals surface area contributed by atoms with Gasteiger partial charge in [-0.25, -0.2) is 0 Å². The molecule has 0 aliphatic carbocycles. The van der Waals surface area contributed by atoms with E-state index in [1.807, 2.05) is 36.6 Å². The van der Waals surface area contributed by atoms with Crippen molar-refractivity contribution in [3.8, 4) is 0 Å². The van der Waals surface area contributed by atoms with Crippen LogP contribution in [0.5, 0.6) is 0 Å². The summed E-state index contributed by atoms with van der Waals surface area (Å²) in [4.78, 5) is 22.5. The minimum Gasteiger partial charge on any atom is -0.467 e. The van der Waals surface area contributed by atoms with Crippen molar-refractivity contribution in [3.63, 3.8) is 0 Å². The number of carbonyl (C=O) groups excluding carboxylic acids is 2. The summed E-state index contributed by atoms with van der Waals surface area (Å²) in [5.74, 6) is 0.261. The Morgan fingerprint density at radius 2 is 2.05 bits per heavy atom. The van der Waals surface area contributed by atoms with Gasteiger partial charge >= 0.3 is 5.97 Å². The number of furan rings is 1. The summed E-state index contributed by atoms with van der Waals surface area (Å²) < 4.78 is 10.3. The Balaban J connectivity index is 1.61. The molecule has 2 aromatic rings. The van der Waals surface area contributed by atoms with Crippen molar-refractivity contribution in [1.29, 1.82) is 0 Å². The normalized spacial score (nSPS) is 11.8. The highest BCUT2D eigenvalue weighted by Gasteiger charge is 2.13. The molecule has 1 radical (unpaired) electrons. The summed E-state index contributed by atoms with van der Waals surface area (Å²) in [6.07, 6.45) is 4.24. The van der Waals surface area contributed by atoms with Gasteiger partial charge in [0.1, 0.15) is 18.4 Å². The van der Waals surface area contributed by atoms with Gasteiger partial charge in [0.05, 0.1) is 6.26 Å². The Morgan fingerprint density at radius 3 is 2.73 bits per heavy atom. The highest BCUT2D eigenvalue weighted by atomic mass is 16.5. The summed E-state index contributed by atoms with van der Waals surface area (Å²) in [5, 5.41) is 2.98. The number of esters is 1. The maximum atomic E-state index is 11.6. The van der Waals surface area contributed by atoms with Crippen molar-refractivity contribution in [2.75, 3.05) is 6.54 Å². The van der Waals surface area contributed by atoms with Crippen molar-refractivity contribution in [2.45, 2.75) is 25.5 Å². The fourth-order valence-corrected chi connectivity index (χ4v) is 1.95. The summed E-state index contributed by atoms with van der Waals surface area (Å²) in [6.45, 7) is 0.783. The van der Waals surface area contributed by atoms with Crippen LogP contribution < -0.4 is 5.32 Å². The first-order chi connectivity index (χ1) is 10.8. The average Bonchev–Trinajstić information content (AvgIpc) is 3.08. The molecule has 5 nitrogen and oxygen atoms in total. The molecule has 1 atom stereocenters. The largest absolute Gasteiger partial charge is 0.467 e. The van der Waals surface area contributed by atoms with Crippen LogP contribution in [0.2, 0.25) is 0 Å². The first kappa shape index (κ1) is 16.0. The zero-order valence-corrected chi connectivity index (χ0v) is 12.2. The summed E-state index contributed by atoms with van der Waals surface area (Å²) >= 11 is 0. The molecule has 1 unspecified atom stereocenters. The van der Waals surface area contributed by atoms with E-state index in [9.17, 15) is 9.59 Å². The van der Waals surface area contributed by atoms with Crippen LogP contribution in [0.4, 0.5) is 0 Å². The van der Waals surface area contributed by atoms with Gasteiger partial charge in [0.15, 0.2) is 0 Å². The van der Waals surface area contributed by atoms with Crippen LogP contribution in [0.1, 0.15) is 30.2 Å². The number of hydrogen-bond acceptors (Lipinski definition) is 5. The van der Waals surface area contributed by atoms with Gasteiger partial charge in [-0.3, -0.25) is 9.59 Å². The average molecular weight is 300 g/mol. The minimum atomic E-state index is -0.602. The van der Waals surface area contributed by atoms with Crippen LogP contribution in [0, 0.1) is 0 Å². The molecule has 0 spiro atoms. The second-order valence-corrected chi connectivity index (χ2v) is 4.77. The van der Waals surface area contributed by atoms with Gasteiger partial charge in [0.2, 0.25) is 6.29 Å². The van der Waals surface area contributed by atoms with Crippen LogP contribution in [-0.4, -0.2) is 18.8 Å². The van der Waals surface area contributed by atoms with Gasteiger partial charge in [-0.1, -0.05) is 30.3 Å². The molecule has 0 bridgehead atoms. The number of benzene rings is 1. The smallest absolute Gasteiger partial charge is 0.306 e.